The lowest BCUT2D eigenvalue weighted by atomic mass is 10.6. The number of amides is 2. The summed E-state index contributed by atoms with van der Waals surface area (Å²) in [5, 5.41) is 2.71. The van der Waals surface area contributed by atoms with Crippen molar-refractivity contribution in [2.24, 2.45) is 0 Å². The van der Waals surface area contributed by atoms with Crippen LogP contribution in [-0.2, 0) is 0 Å². The van der Waals surface area contributed by atoms with E-state index in [4.69, 9.17) is 0 Å². The second-order valence-electron chi connectivity index (χ2n) is 1.81. The molecular weight excluding hydrogens is 104 g/mol. The Hall–Kier alpha value is -0.730. The molecule has 0 bridgehead atoms. The Balaban J connectivity index is 0.000000640. The quantitative estimate of drug-likeness (QED) is 0.524. The molecule has 3 nitrogen and oxygen atoms in total. The molecule has 0 aromatic rings. The van der Waals surface area contributed by atoms with Gasteiger partial charge in [-0.05, 0) is 6.92 Å². The zero-order chi connectivity index (χ0) is 5.98. The minimum absolute atomic E-state index is 0. The van der Waals surface area contributed by atoms with Crippen molar-refractivity contribution in [1.29, 1.82) is 0 Å². The van der Waals surface area contributed by atoms with Gasteiger partial charge in [0, 0.05) is 21.1 Å². The zero-order valence-corrected chi connectivity index (χ0v) is 4.98. The number of rotatable bonds is 1. The number of hydrogen-bond donors (Lipinski definition) is 1. The Labute approximate surface area is 50.1 Å². The molecule has 8 heavy (non-hydrogen) atoms. The van der Waals surface area contributed by atoms with E-state index in [0.29, 0.717) is 0 Å². The first kappa shape index (κ1) is 5.41. The third-order valence-electron chi connectivity index (χ3n) is 1.33. The standard InChI is InChI=1S/C5H10N2O.H2/c1-2-7-4-3-6-5(7)8;/h2-4H2,1H3,(H,6,8);1H. The third-order valence-corrected chi connectivity index (χ3v) is 1.33. The minimum atomic E-state index is 0. The monoisotopic (exact) mass is 116 g/mol. The number of nitrogens with zero attached hydrogens (tertiary/aromatic N) is 1. The van der Waals surface area contributed by atoms with Crippen LogP contribution in [0, 0.1) is 0 Å². The van der Waals surface area contributed by atoms with Gasteiger partial charge < -0.3 is 10.2 Å². The highest BCUT2D eigenvalue weighted by Gasteiger charge is 2.15. The van der Waals surface area contributed by atoms with Crippen molar-refractivity contribution < 1.29 is 6.22 Å². The first-order valence-corrected chi connectivity index (χ1v) is 2.87. The molecule has 1 aliphatic rings. The Morgan fingerprint density at radius 3 is 3.00 bits per heavy atom. The molecule has 0 saturated carbocycles. The molecule has 3 heteroatoms. The molecule has 1 aliphatic heterocycles. The van der Waals surface area contributed by atoms with E-state index >= 15 is 0 Å². The van der Waals surface area contributed by atoms with Crippen LogP contribution in [0.5, 0.6) is 0 Å². The summed E-state index contributed by atoms with van der Waals surface area (Å²) < 4.78 is 0. The normalized spacial score (nSPS) is 19.1. The van der Waals surface area contributed by atoms with Gasteiger partial charge in [-0.25, -0.2) is 4.79 Å². The van der Waals surface area contributed by atoms with E-state index in [0.717, 1.165) is 19.6 Å². The van der Waals surface area contributed by atoms with Crippen molar-refractivity contribution in [3.05, 3.63) is 0 Å². The first-order valence-electron chi connectivity index (χ1n) is 2.87. The van der Waals surface area contributed by atoms with Crippen LogP contribution in [-0.4, -0.2) is 30.6 Å². The summed E-state index contributed by atoms with van der Waals surface area (Å²) >= 11 is 0. The lowest BCUT2D eigenvalue weighted by Crippen LogP contribution is -2.27. The first-order chi connectivity index (χ1) is 3.84. The highest BCUT2D eigenvalue weighted by atomic mass is 16.2. The average Bonchev–Trinajstić information content (AvgIpc) is 2.14. The van der Waals surface area contributed by atoms with Crippen LogP contribution in [0.3, 0.4) is 0 Å². The molecule has 0 aromatic carbocycles. The average molecular weight is 116 g/mol. The predicted molar refractivity (Wildman–Crippen MR) is 32.8 cm³/mol. The molecule has 0 unspecified atom stereocenters. The Bertz CT molecular complexity index is 107. The number of likely N-dealkylation sites (N-methyl/N-ethyl adjacent to an activating group) is 1. The van der Waals surface area contributed by atoms with E-state index in [1.165, 1.54) is 0 Å². The predicted octanol–water partition coefficient (Wildman–Crippen LogP) is 0.278. The highest BCUT2D eigenvalue weighted by molar-refractivity contribution is 5.75. The fourth-order valence-corrected chi connectivity index (χ4v) is 0.813. The maximum absolute atomic E-state index is 10.6. The summed E-state index contributed by atoms with van der Waals surface area (Å²) in [7, 11) is 0. The largest absolute Gasteiger partial charge is 0.336 e. The molecule has 0 aliphatic carbocycles. The summed E-state index contributed by atoms with van der Waals surface area (Å²) in [5.74, 6) is 0. The number of urea groups is 1. The van der Waals surface area contributed by atoms with Gasteiger partial charge in [-0.2, -0.15) is 0 Å². The molecule has 0 aromatic heterocycles. The molecule has 1 heterocycles. The van der Waals surface area contributed by atoms with Crippen molar-refractivity contribution in [1.82, 2.24) is 10.2 Å². The second-order valence-corrected chi connectivity index (χ2v) is 1.81. The minimum Gasteiger partial charge on any atom is -0.336 e. The van der Waals surface area contributed by atoms with E-state index in [2.05, 4.69) is 5.32 Å². The fourth-order valence-electron chi connectivity index (χ4n) is 0.813. The summed E-state index contributed by atoms with van der Waals surface area (Å²) in [6.45, 7) is 4.48. The van der Waals surface area contributed by atoms with Gasteiger partial charge in [0.25, 0.3) is 0 Å². The molecule has 0 atom stereocenters. The number of carbonyl (C=O) groups excluding carboxylic acids is 1. The van der Waals surface area contributed by atoms with Crippen molar-refractivity contribution >= 4 is 6.03 Å². The van der Waals surface area contributed by atoms with Crippen molar-refractivity contribution in [3.8, 4) is 0 Å². The Morgan fingerprint density at radius 1 is 2.00 bits per heavy atom. The Kier molecular flexibility index (Phi) is 1.37. The highest BCUT2D eigenvalue weighted by Crippen LogP contribution is 1.93. The van der Waals surface area contributed by atoms with Crippen LogP contribution in [0.1, 0.15) is 8.35 Å². The van der Waals surface area contributed by atoms with Gasteiger partial charge in [0.15, 0.2) is 0 Å². The Morgan fingerprint density at radius 2 is 2.75 bits per heavy atom. The zero-order valence-electron chi connectivity index (χ0n) is 4.98. The molecule has 1 N–H and O–H groups in total. The molecule has 0 spiro atoms. The van der Waals surface area contributed by atoms with Gasteiger partial charge in [0.2, 0.25) is 0 Å². The topological polar surface area (TPSA) is 32.3 Å². The van der Waals surface area contributed by atoms with E-state index in [1.807, 2.05) is 6.92 Å². The smallest absolute Gasteiger partial charge is 0.317 e. The van der Waals surface area contributed by atoms with Crippen LogP contribution >= 0.6 is 0 Å². The maximum Gasteiger partial charge on any atom is 0.317 e. The molecule has 0 radical (unpaired) electrons. The lowest BCUT2D eigenvalue weighted by molar-refractivity contribution is 0.219. The van der Waals surface area contributed by atoms with E-state index in [9.17, 15) is 4.79 Å². The molecule has 48 valence electrons. The number of carbonyl (C=O) groups is 1. The summed E-state index contributed by atoms with van der Waals surface area (Å²) in [6.07, 6.45) is 0. The van der Waals surface area contributed by atoms with Gasteiger partial charge >= 0.3 is 6.03 Å². The molecule has 1 saturated heterocycles. The molecule has 1 fully saturated rings. The van der Waals surface area contributed by atoms with Gasteiger partial charge in [-0.15, -0.1) is 0 Å². The SMILES string of the molecule is CCN1CCNC1=O.[HH]. The van der Waals surface area contributed by atoms with Crippen molar-refractivity contribution in [2.75, 3.05) is 19.6 Å². The second kappa shape index (κ2) is 2.03. The van der Waals surface area contributed by atoms with Crippen LogP contribution in [0.25, 0.3) is 0 Å². The van der Waals surface area contributed by atoms with Crippen LogP contribution in [0.4, 0.5) is 4.79 Å². The number of hydrogen-bond acceptors (Lipinski definition) is 1. The van der Waals surface area contributed by atoms with Gasteiger partial charge in [-0.3, -0.25) is 0 Å². The van der Waals surface area contributed by atoms with E-state index < -0.39 is 0 Å². The van der Waals surface area contributed by atoms with Crippen LogP contribution < -0.4 is 5.32 Å². The fraction of sp³-hybridized carbons (Fsp3) is 0.800. The van der Waals surface area contributed by atoms with Gasteiger partial charge in [0.05, 0.1) is 0 Å². The van der Waals surface area contributed by atoms with Crippen molar-refractivity contribution in [2.45, 2.75) is 6.92 Å². The van der Waals surface area contributed by atoms with Crippen molar-refractivity contribution in [3.63, 3.8) is 0 Å². The number of nitrogens with one attached hydrogen (secondary N) is 1. The molecule has 1 rings (SSSR count). The van der Waals surface area contributed by atoms with Gasteiger partial charge in [-0.1, -0.05) is 0 Å². The summed E-state index contributed by atoms with van der Waals surface area (Å²) in [4.78, 5) is 12.4. The summed E-state index contributed by atoms with van der Waals surface area (Å²) in [5.41, 5.74) is 0. The molecular formula is C5H12N2O. The lowest BCUT2D eigenvalue weighted by Gasteiger charge is -2.08. The van der Waals surface area contributed by atoms with E-state index in [-0.39, 0.29) is 7.46 Å². The maximum atomic E-state index is 10.6. The van der Waals surface area contributed by atoms with Gasteiger partial charge in [0.1, 0.15) is 0 Å². The molecule has 2 amide bonds. The van der Waals surface area contributed by atoms with Crippen LogP contribution in [0.15, 0.2) is 0 Å². The van der Waals surface area contributed by atoms with Crippen LogP contribution in [0.2, 0.25) is 0 Å². The summed E-state index contributed by atoms with van der Waals surface area (Å²) in [6, 6.07) is 0.0764. The third kappa shape index (κ3) is 0.757. The van der Waals surface area contributed by atoms with E-state index in [1.54, 1.807) is 4.90 Å².